The van der Waals surface area contributed by atoms with Crippen LogP contribution in [0.3, 0.4) is 0 Å². The number of hydrogen-bond donors (Lipinski definition) is 1. The van der Waals surface area contributed by atoms with Crippen LogP contribution in [0.4, 0.5) is 5.69 Å². The summed E-state index contributed by atoms with van der Waals surface area (Å²) in [4.78, 5) is 24.7. The van der Waals surface area contributed by atoms with Gasteiger partial charge in [0.05, 0.1) is 0 Å². The minimum absolute atomic E-state index is 0.171. The molecule has 0 unspecified atom stereocenters. The Morgan fingerprint density at radius 1 is 0.909 bits per heavy atom. The Kier molecular flexibility index (Phi) is 8.26. The second-order valence-electron chi connectivity index (χ2n) is 5.45. The molecule has 1 aromatic rings. The molecule has 122 valence electrons. The second-order valence-corrected chi connectivity index (χ2v) is 5.45. The lowest BCUT2D eigenvalue weighted by molar-refractivity contribution is -0.137. The van der Waals surface area contributed by atoms with Crippen molar-refractivity contribution in [3.05, 3.63) is 29.8 Å². The zero-order valence-corrected chi connectivity index (χ0v) is 13.7. The fourth-order valence-corrected chi connectivity index (χ4v) is 2.51. The summed E-state index contributed by atoms with van der Waals surface area (Å²) in [5.41, 5.74) is 1.91. The zero-order chi connectivity index (χ0) is 16.4. The van der Waals surface area contributed by atoms with E-state index >= 15 is 0 Å². The number of aliphatic carboxylic acids is 1. The van der Waals surface area contributed by atoms with Crippen molar-refractivity contribution in [3.8, 4) is 0 Å². The van der Waals surface area contributed by atoms with Crippen molar-refractivity contribution in [3.63, 3.8) is 0 Å². The van der Waals surface area contributed by atoms with E-state index < -0.39 is 5.97 Å². The summed E-state index contributed by atoms with van der Waals surface area (Å²) in [6, 6.07) is 7.82. The standard InChI is InChI=1S/C18H27NO3/c1-3-19(4-2)16-13-11-15(12-14-16)17(20)9-7-5-6-8-10-18(21)22/h11-14H,3-10H2,1-2H3,(H,21,22). The number of carbonyl (C=O) groups is 2. The van der Waals surface area contributed by atoms with Gasteiger partial charge in [-0.2, -0.15) is 0 Å². The van der Waals surface area contributed by atoms with Gasteiger partial charge >= 0.3 is 5.97 Å². The number of carbonyl (C=O) groups excluding carboxylic acids is 1. The molecule has 4 nitrogen and oxygen atoms in total. The Hall–Kier alpha value is -1.84. The lowest BCUT2D eigenvalue weighted by atomic mass is 10.0. The quantitative estimate of drug-likeness (QED) is 0.493. The van der Waals surface area contributed by atoms with Gasteiger partial charge in [0, 0.05) is 37.2 Å². The van der Waals surface area contributed by atoms with Crippen LogP contribution in [0.1, 0.15) is 62.7 Å². The van der Waals surface area contributed by atoms with Crippen LogP contribution >= 0.6 is 0 Å². The first-order valence-electron chi connectivity index (χ1n) is 8.18. The predicted octanol–water partition coefficient (Wildman–Crippen LogP) is 4.14. The summed E-state index contributed by atoms with van der Waals surface area (Å²) < 4.78 is 0. The molecular weight excluding hydrogens is 278 g/mol. The zero-order valence-electron chi connectivity index (χ0n) is 13.7. The molecule has 1 aromatic carbocycles. The molecule has 0 aliphatic carbocycles. The average Bonchev–Trinajstić information content (AvgIpc) is 2.52. The van der Waals surface area contributed by atoms with E-state index in [1.165, 1.54) is 0 Å². The van der Waals surface area contributed by atoms with Gasteiger partial charge in [0.15, 0.2) is 5.78 Å². The van der Waals surface area contributed by atoms with Crippen molar-refractivity contribution < 1.29 is 14.7 Å². The molecule has 4 heteroatoms. The number of benzene rings is 1. The Morgan fingerprint density at radius 3 is 1.95 bits per heavy atom. The number of hydrogen-bond acceptors (Lipinski definition) is 3. The molecule has 0 aromatic heterocycles. The molecule has 1 rings (SSSR count). The van der Waals surface area contributed by atoms with Gasteiger partial charge in [-0.3, -0.25) is 9.59 Å². The highest BCUT2D eigenvalue weighted by molar-refractivity contribution is 5.96. The van der Waals surface area contributed by atoms with Crippen LogP contribution < -0.4 is 4.90 Å². The van der Waals surface area contributed by atoms with Crippen molar-refractivity contribution >= 4 is 17.4 Å². The number of rotatable bonds is 11. The Bertz CT molecular complexity index is 464. The molecule has 0 fully saturated rings. The monoisotopic (exact) mass is 305 g/mol. The van der Waals surface area contributed by atoms with Gasteiger partial charge in [0.2, 0.25) is 0 Å². The fourth-order valence-electron chi connectivity index (χ4n) is 2.51. The molecule has 1 N–H and O–H groups in total. The number of nitrogens with zero attached hydrogens (tertiary/aromatic N) is 1. The van der Waals surface area contributed by atoms with Gasteiger partial charge in [-0.15, -0.1) is 0 Å². The van der Waals surface area contributed by atoms with Crippen molar-refractivity contribution in [2.24, 2.45) is 0 Å². The summed E-state index contributed by atoms with van der Waals surface area (Å²) in [7, 11) is 0. The van der Waals surface area contributed by atoms with Crippen LogP contribution in [0.2, 0.25) is 0 Å². The van der Waals surface area contributed by atoms with Crippen LogP contribution in [0.25, 0.3) is 0 Å². The maximum absolute atomic E-state index is 12.1. The minimum atomic E-state index is -0.746. The van der Waals surface area contributed by atoms with E-state index in [2.05, 4.69) is 18.7 Å². The number of carboxylic acid groups (broad SMARTS) is 1. The fraction of sp³-hybridized carbons (Fsp3) is 0.556. The summed E-state index contributed by atoms with van der Waals surface area (Å²) in [5, 5.41) is 8.55. The molecule has 0 aliphatic rings. The van der Waals surface area contributed by atoms with Gasteiger partial charge in [-0.25, -0.2) is 0 Å². The Morgan fingerprint density at radius 2 is 1.45 bits per heavy atom. The molecule has 0 heterocycles. The van der Waals surface area contributed by atoms with Gasteiger partial charge < -0.3 is 10.0 Å². The Labute approximate surface area is 133 Å². The second kappa shape index (κ2) is 9.98. The van der Waals surface area contributed by atoms with Crippen LogP contribution in [0.15, 0.2) is 24.3 Å². The molecule has 0 amide bonds. The van der Waals surface area contributed by atoms with E-state index in [1.807, 2.05) is 24.3 Å². The van der Waals surface area contributed by atoms with Crippen molar-refractivity contribution in [2.45, 2.75) is 52.4 Å². The van der Waals surface area contributed by atoms with E-state index in [0.29, 0.717) is 12.8 Å². The summed E-state index contributed by atoms with van der Waals surface area (Å²) in [5.74, 6) is -0.575. The van der Waals surface area contributed by atoms with E-state index in [1.54, 1.807) is 0 Å². The Balaban J connectivity index is 2.35. The number of ketones is 1. The summed E-state index contributed by atoms with van der Waals surface area (Å²) >= 11 is 0. The molecule has 0 saturated heterocycles. The molecule has 0 saturated carbocycles. The van der Waals surface area contributed by atoms with E-state index in [-0.39, 0.29) is 12.2 Å². The van der Waals surface area contributed by atoms with E-state index in [0.717, 1.165) is 43.6 Å². The molecule has 0 aliphatic heterocycles. The SMILES string of the molecule is CCN(CC)c1ccc(C(=O)CCCCCCC(=O)O)cc1. The van der Waals surface area contributed by atoms with Crippen LogP contribution in [-0.4, -0.2) is 29.9 Å². The first-order chi connectivity index (χ1) is 10.6. The number of anilines is 1. The maximum atomic E-state index is 12.1. The number of Topliss-reactive ketones (excluding diaryl/α,β-unsaturated/α-hetero) is 1. The average molecular weight is 305 g/mol. The third kappa shape index (κ3) is 6.29. The first-order valence-corrected chi connectivity index (χ1v) is 8.18. The molecule has 0 spiro atoms. The van der Waals surface area contributed by atoms with Crippen molar-refractivity contribution in [2.75, 3.05) is 18.0 Å². The highest BCUT2D eigenvalue weighted by Crippen LogP contribution is 2.17. The topological polar surface area (TPSA) is 57.6 Å². The first kappa shape index (κ1) is 18.2. The summed E-state index contributed by atoms with van der Waals surface area (Å²) in [6.45, 7) is 6.15. The molecule has 0 atom stereocenters. The third-order valence-electron chi connectivity index (χ3n) is 3.86. The van der Waals surface area contributed by atoms with Gasteiger partial charge in [-0.1, -0.05) is 12.8 Å². The van der Waals surface area contributed by atoms with E-state index in [4.69, 9.17) is 5.11 Å². The van der Waals surface area contributed by atoms with Crippen LogP contribution in [-0.2, 0) is 4.79 Å². The van der Waals surface area contributed by atoms with Gasteiger partial charge in [-0.05, 0) is 51.0 Å². The molecule has 22 heavy (non-hydrogen) atoms. The summed E-state index contributed by atoms with van der Waals surface area (Å²) in [6.07, 6.45) is 4.08. The lowest BCUT2D eigenvalue weighted by Gasteiger charge is -2.21. The third-order valence-corrected chi connectivity index (χ3v) is 3.86. The highest BCUT2D eigenvalue weighted by atomic mass is 16.4. The van der Waals surface area contributed by atoms with Crippen molar-refractivity contribution in [1.29, 1.82) is 0 Å². The highest BCUT2D eigenvalue weighted by Gasteiger charge is 2.07. The van der Waals surface area contributed by atoms with Gasteiger partial charge in [0.25, 0.3) is 0 Å². The number of unbranched alkanes of at least 4 members (excludes halogenated alkanes) is 3. The van der Waals surface area contributed by atoms with Crippen LogP contribution in [0, 0.1) is 0 Å². The van der Waals surface area contributed by atoms with Crippen molar-refractivity contribution in [1.82, 2.24) is 0 Å². The smallest absolute Gasteiger partial charge is 0.303 e. The normalized spacial score (nSPS) is 10.5. The van der Waals surface area contributed by atoms with E-state index in [9.17, 15) is 9.59 Å². The van der Waals surface area contributed by atoms with Gasteiger partial charge in [0.1, 0.15) is 0 Å². The molecule has 0 bridgehead atoms. The predicted molar refractivity (Wildman–Crippen MR) is 89.7 cm³/mol. The minimum Gasteiger partial charge on any atom is -0.481 e. The molecule has 0 radical (unpaired) electrons. The molecular formula is C18H27NO3. The number of carboxylic acids is 1. The lowest BCUT2D eigenvalue weighted by Crippen LogP contribution is -2.21. The van der Waals surface area contributed by atoms with Crippen LogP contribution in [0.5, 0.6) is 0 Å². The maximum Gasteiger partial charge on any atom is 0.303 e. The largest absolute Gasteiger partial charge is 0.481 e.